The van der Waals surface area contributed by atoms with Crippen LogP contribution >= 0.6 is 23.8 Å². The van der Waals surface area contributed by atoms with E-state index in [1.54, 1.807) is 18.6 Å². The Hall–Kier alpha value is -3.22. The molecule has 1 saturated heterocycles. The molecule has 4 aromatic rings. The monoisotopic (exact) mass is 460 g/mol. The zero-order valence-electron chi connectivity index (χ0n) is 17.4. The number of thiocarbonyl (C=S) groups is 1. The summed E-state index contributed by atoms with van der Waals surface area (Å²) in [6, 6.07) is 19.6. The molecule has 0 radical (unpaired) electrons. The van der Waals surface area contributed by atoms with Crippen LogP contribution in [0.15, 0.2) is 83.7 Å². The molecule has 160 valence electrons. The number of aryl methyl sites for hydroxylation is 1. The third-order valence-electron chi connectivity index (χ3n) is 5.67. The molecular weight excluding hydrogens is 440 g/mol. The van der Waals surface area contributed by atoms with E-state index in [9.17, 15) is 0 Å². The van der Waals surface area contributed by atoms with Crippen LogP contribution < -0.4 is 5.32 Å². The molecule has 0 bridgehead atoms. The second kappa shape index (κ2) is 8.73. The third kappa shape index (κ3) is 3.99. The van der Waals surface area contributed by atoms with Crippen LogP contribution in [0.4, 0.5) is 0 Å². The van der Waals surface area contributed by atoms with Gasteiger partial charge in [0, 0.05) is 35.7 Å². The van der Waals surface area contributed by atoms with Gasteiger partial charge < -0.3 is 14.6 Å². The van der Waals surface area contributed by atoms with E-state index in [0.717, 1.165) is 38.9 Å². The highest BCUT2D eigenvalue weighted by molar-refractivity contribution is 7.80. The molecule has 1 aliphatic rings. The lowest BCUT2D eigenvalue weighted by atomic mass is 10.0. The zero-order chi connectivity index (χ0) is 22.1. The summed E-state index contributed by atoms with van der Waals surface area (Å²) in [6.07, 6.45) is 5.38. The molecule has 5 nitrogen and oxygen atoms in total. The van der Waals surface area contributed by atoms with E-state index in [0.29, 0.717) is 11.7 Å². The van der Waals surface area contributed by atoms with Crippen molar-refractivity contribution in [2.24, 2.45) is 0 Å². The van der Waals surface area contributed by atoms with E-state index in [4.69, 9.17) is 28.2 Å². The molecule has 1 aliphatic heterocycles. The van der Waals surface area contributed by atoms with Crippen molar-refractivity contribution >= 4 is 28.9 Å². The minimum absolute atomic E-state index is 0.133. The summed E-state index contributed by atoms with van der Waals surface area (Å²) in [5.41, 5.74) is 4.00. The largest absolute Gasteiger partial charge is 0.459 e. The van der Waals surface area contributed by atoms with Crippen molar-refractivity contribution in [1.29, 1.82) is 0 Å². The van der Waals surface area contributed by atoms with Gasteiger partial charge in [-0.3, -0.25) is 9.97 Å². The molecule has 1 fully saturated rings. The average molecular weight is 461 g/mol. The molecule has 5 rings (SSSR count). The zero-order valence-corrected chi connectivity index (χ0v) is 19.0. The van der Waals surface area contributed by atoms with Gasteiger partial charge in [0.2, 0.25) is 0 Å². The number of hydrogen-bond donors (Lipinski definition) is 1. The first-order chi connectivity index (χ1) is 15.6. The normalized spacial score (nSPS) is 18.1. The van der Waals surface area contributed by atoms with Gasteiger partial charge in [-0.1, -0.05) is 29.8 Å². The van der Waals surface area contributed by atoms with Crippen LogP contribution in [0.1, 0.15) is 34.7 Å². The Bertz CT molecular complexity index is 1250. The Labute approximate surface area is 197 Å². The van der Waals surface area contributed by atoms with E-state index in [2.05, 4.69) is 20.2 Å². The number of rotatable bonds is 5. The number of halogens is 1. The predicted octanol–water partition coefficient (Wildman–Crippen LogP) is 5.87. The molecule has 0 aliphatic carbocycles. The Kier molecular flexibility index (Phi) is 5.64. The highest BCUT2D eigenvalue weighted by atomic mass is 35.5. The maximum Gasteiger partial charge on any atom is 0.170 e. The van der Waals surface area contributed by atoms with Crippen molar-refractivity contribution in [3.63, 3.8) is 0 Å². The van der Waals surface area contributed by atoms with Gasteiger partial charge in [0.1, 0.15) is 17.6 Å². The molecule has 1 aromatic carbocycles. The Morgan fingerprint density at radius 2 is 1.91 bits per heavy atom. The van der Waals surface area contributed by atoms with Gasteiger partial charge in [-0.05, 0) is 72.7 Å². The van der Waals surface area contributed by atoms with Crippen molar-refractivity contribution in [3.05, 3.63) is 107 Å². The van der Waals surface area contributed by atoms with E-state index in [-0.39, 0.29) is 12.1 Å². The van der Waals surface area contributed by atoms with Gasteiger partial charge in [-0.15, -0.1) is 0 Å². The van der Waals surface area contributed by atoms with Crippen LogP contribution in [0, 0.1) is 6.92 Å². The molecule has 0 unspecified atom stereocenters. The van der Waals surface area contributed by atoms with E-state index >= 15 is 0 Å². The summed E-state index contributed by atoms with van der Waals surface area (Å²) in [7, 11) is 0. The van der Waals surface area contributed by atoms with Crippen LogP contribution in [0.3, 0.4) is 0 Å². The van der Waals surface area contributed by atoms with Gasteiger partial charge in [0.25, 0.3) is 0 Å². The SMILES string of the molecule is Cc1ccc(-c2ccc([C@H]3[C@@H](c4ccccn4)NC(=S)N3Cc3ccncc3)o2)cc1Cl. The molecule has 1 N–H and O–H groups in total. The molecular formula is C25H21ClN4OS. The molecule has 2 atom stereocenters. The predicted molar refractivity (Wildman–Crippen MR) is 129 cm³/mol. The summed E-state index contributed by atoms with van der Waals surface area (Å²) in [5, 5.41) is 4.84. The van der Waals surface area contributed by atoms with Crippen LogP contribution in [0.25, 0.3) is 11.3 Å². The first-order valence-corrected chi connectivity index (χ1v) is 11.1. The number of pyridine rings is 2. The van der Waals surface area contributed by atoms with E-state index in [1.165, 1.54) is 0 Å². The Balaban J connectivity index is 1.54. The number of nitrogens with zero attached hydrogens (tertiary/aromatic N) is 3. The average Bonchev–Trinajstić information content (AvgIpc) is 3.42. The molecule has 7 heteroatoms. The van der Waals surface area contributed by atoms with Crippen LogP contribution in [0.5, 0.6) is 0 Å². The number of benzene rings is 1. The standard InChI is InChI=1S/C25H21ClN4OS/c1-16-5-6-18(14-19(16)26)21-7-8-22(31-21)24-23(20-4-2-3-11-28-20)29-25(32)30(24)15-17-9-12-27-13-10-17/h2-14,23-24H,15H2,1H3,(H,29,32)/t23-,24+/m1/s1. The minimum Gasteiger partial charge on any atom is -0.459 e. The maximum atomic E-state index is 6.38. The number of hydrogen-bond acceptors (Lipinski definition) is 4. The van der Waals surface area contributed by atoms with E-state index < -0.39 is 0 Å². The van der Waals surface area contributed by atoms with Crippen molar-refractivity contribution < 1.29 is 4.42 Å². The summed E-state index contributed by atoms with van der Waals surface area (Å²) >= 11 is 12.1. The van der Waals surface area contributed by atoms with Crippen LogP contribution in [-0.4, -0.2) is 20.0 Å². The molecule has 0 amide bonds. The molecule has 0 spiro atoms. The number of aromatic nitrogens is 2. The highest BCUT2D eigenvalue weighted by Gasteiger charge is 2.41. The topological polar surface area (TPSA) is 54.2 Å². The molecule has 4 heterocycles. The van der Waals surface area contributed by atoms with Crippen molar-refractivity contribution in [3.8, 4) is 11.3 Å². The van der Waals surface area contributed by atoms with Gasteiger partial charge in [0.05, 0.1) is 11.7 Å². The Morgan fingerprint density at radius 1 is 1.06 bits per heavy atom. The van der Waals surface area contributed by atoms with Gasteiger partial charge in [-0.2, -0.15) is 0 Å². The quantitative estimate of drug-likeness (QED) is 0.376. The number of nitrogens with one attached hydrogen (secondary N) is 1. The molecule has 3 aromatic heterocycles. The lowest BCUT2D eigenvalue weighted by Crippen LogP contribution is -2.29. The highest BCUT2D eigenvalue weighted by Crippen LogP contribution is 2.41. The van der Waals surface area contributed by atoms with Crippen molar-refractivity contribution in [2.75, 3.05) is 0 Å². The second-order valence-corrected chi connectivity index (χ2v) is 8.57. The van der Waals surface area contributed by atoms with E-state index in [1.807, 2.05) is 67.6 Å². The van der Waals surface area contributed by atoms with Crippen LogP contribution in [-0.2, 0) is 6.54 Å². The maximum absolute atomic E-state index is 6.38. The summed E-state index contributed by atoms with van der Waals surface area (Å²) < 4.78 is 6.38. The third-order valence-corrected chi connectivity index (χ3v) is 6.43. The lowest BCUT2D eigenvalue weighted by molar-refractivity contribution is 0.269. The van der Waals surface area contributed by atoms with Crippen molar-refractivity contribution in [1.82, 2.24) is 20.2 Å². The first kappa shape index (κ1) is 20.7. The fourth-order valence-electron chi connectivity index (χ4n) is 3.98. The molecule has 32 heavy (non-hydrogen) atoms. The summed E-state index contributed by atoms with van der Waals surface area (Å²) in [6.45, 7) is 2.62. The number of furan rings is 1. The first-order valence-electron chi connectivity index (χ1n) is 10.3. The minimum atomic E-state index is -0.153. The smallest absolute Gasteiger partial charge is 0.170 e. The molecule has 0 saturated carbocycles. The van der Waals surface area contributed by atoms with Crippen molar-refractivity contribution in [2.45, 2.75) is 25.6 Å². The fraction of sp³-hybridized carbons (Fsp3) is 0.160. The summed E-state index contributed by atoms with van der Waals surface area (Å²) in [4.78, 5) is 10.9. The van der Waals surface area contributed by atoms with Crippen LogP contribution in [0.2, 0.25) is 5.02 Å². The Morgan fingerprint density at radius 3 is 2.66 bits per heavy atom. The summed E-state index contributed by atoms with van der Waals surface area (Å²) in [5.74, 6) is 1.58. The van der Waals surface area contributed by atoms with Gasteiger partial charge in [0.15, 0.2) is 5.11 Å². The van der Waals surface area contributed by atoms with Gasteiger partial charge >= 0.3 is 0 Å². The fourth-order valence-corrected chi connectivity index (χ4v) is 4.47. The van der Waals surface area contributed by atoms with Gasteiger partial charge in [-0.25, -0.2) is 0 Å². The lowest BCUT2D eigenvalue weighted by Gasteiger charge is -2.26. The second-order valence-electron chi connectivity index (χ2n) is 7.78.